The average Bonchev–Trinajstić information content (AvgIpc) is 2.78. The van der Waals surface area contributed by atoms with Crippen molar-refractivity contribution in [3.05, 3.63) is 74.0 Å². The molecule has 0 radical (unpaired) electrons. The van der Waals surface area contributed by atoms with E-state index in [1.807, 2.05) is 31.2 Å². The Morgan fingerprint density at radius 1 is 1.10 bits per heavy atom. The number of benzene rings is 2. The smallest absolute Gasteiger partial charge is 0.257 e. The topological polar surface area (TPSA) is 108 Å². The minimum absolute atomic E-state index is 0.0519. The first-order chi connectivity index (χ1) is 14.8. The Bertz CT molecular complexity index is 1180. The lowest BCUT2D eigenvalue weighted by molar-refractivity contribution is 0.0824. The highest BCUT2D eigenvalue weighted by Crippen LogP contribution is 2.33. The van der Waals surface area contributed by atoms with E-state index in [1.54, 1.807) is 27.3 Å². The summed E-state index contributed by atoms with van der Waals surface area (Å²) in [6, 6.07) is 11.8. The molecule has 162 valence electrons. The van der Waals surface area contributed by atoms with E-state index in [1.165, 1.54) is 17.0 Å². The van der Waals surface area contributed by atoms with Gasteiger partial charge in [-0.05, 0) is 36.2 Å². The molecule has 3 aromatic carbocycles. The number of nitrogens with zero attached hydrogens (tertiary/aromatic N) is 1. The highest BCUT2D eigenvalue weighted by molar-refractivity contribution is 5.99. The second-order valence-electron chi connectivity index (χ2n) is 7.32. The summed E-state index contributed by atoms with van der Waals surface area (Å²) in [6.45, 7) is 1.96. The second-order valence-corrected chi connectivity index (χ2v) is 7.32. The molecule has 0 fully saturated rings. The standard InChI is InChI=1S/C23H25N3O5/c1-5-16(13-8-6-9-14(12-13)31-4)24-18-19(22(29)21(18)28)25-17-11-7-10-15(20(17)27)23(30)26(2)3/h6-12,16,24-25,27H,5H2,1-4H3. The summed E-state index contributed by atoms with van der Waals surface area (Å²) in [5.74, 6) is 0.0157. The molecule has 0 saturated heterocycles. The van der Waals surface area contributed by atoms with Crippen molar-refractivity contribution in [3.8, 4) is 11.5 Å². The van der Waals surface area contributed by atoms with Crippen molar-refractivity contribution < 1.29 is 14.6 Å². The van der Waals surface area contributed by atoms with Crippen molar-refractivity contribution in [2.24, 2.45) is 0 Å². The van der Waals surface area contributed by atoms with E-state index in [2.05, 4.69) is 10.6 Å². The first-order valence-corrected chi connectivity index (χ1v) is 9.82. The van der Waals surface area contributed by atoms with Gasteiger partial charge in [0.15, 0.2) is 5.75 Å². The number of anilines is 3. The number of hydrogen-bond acceptors (Lipinski definition) is 7. The molecule has 1 unspecified atom stereocenters. The number of carbonyl (C=O) groups excluding carboxylic acids is 1. The number of aromatic hydroxyl groups is 1. The number of rotatable bonds is 8. The number of para-hydroxylation sites is 1. The molecule has 8 heteroatoms. The van der Waals surface area contributed by atoms with Crippen LogP contribution in [-0.4, -0.2) is 37.1 Å². The molecule has 0 bridgehead atoms. The molecule has 31 heavy (non-hydrogen) atoms. The predicted octanol–water partition coefficient (Wildman–Crippen LogP) is 3.01. The van der Waals surface area contributed by atoms with Gasteiger partial charge in [0.25, 0.3) is 16.8 Å². The molecule has 0 aromatic heterocycles. The van der Waals surface area contributed by atoms with Gasteiger partial charge in [-0.25, -0.2) is 0 Å². The lowest BCUT2D eigenvalue weighted by Gasteiger charge is -2.23. The Kier molecular flexibility index (Phi) is 6.29. The molecule has 1 atom stereocenters. The van der Waals surface area contributed by atoms with Crippen molar-refractivity contribution in [1.82, 2.24) is 4.90 Å². The number of nitrogens with one attached hydrogen (secondary N) is 2. The van der Waals surface area contributed by atoms with Gasteiger partial charge in [0.05, 0.1) is 24.4 Å². The normalized spacial score (nSPS) is 11.7. The van der Waals surface area contributed by atoms with Crippen LogP contribution < -0.4 is 26.2 Å². The van der Waals surface area contributed by atoms with Gasteiger partial charge in [-0.2, -0.15) is 0 Å². The molecule has 0 heterocycles. The predicted molar refractivity (Wildman–Crippen MR) is 120 cm³/mol. The molecule has 0 saturated carbocycles. The van der Waals surface area contributed by atoms with Crippen LogP contribution in [0.3, 0.4) is 0 Å². The van der Waals surface area contributed by atoms with Crippen LogP contribution in [0.4, 0.5) is 17.1 Å². The van der Waals surface area contributed by atoms with E-state index in [0.29, 0.717) is 12.2 Å². The third-order valence-corrected chi connectivity index (χ3v) is 5.07. The number of phenolic OH excluding ortho intramolecular Hbond substituents is 1. The van der Waals surface area contributed by atoms with Crippen LogP contribution in [0.25, 0.3) is 0 Å². The number of amides is 1. The van der Waals surface area contributed by atoms with E-state index in [9.17, 15) is 19.5 Å². The van der Waals surface area contributed by atoms with Gasteiger partial charge in [0.1, 0.15) is 17.1 Å². The van der Waals surface area contributed by atoms with Gasteiger partial charge in [0, 0.05) is 14.1 Å². The van der Waals surface area contributed by atoms with Gasteiger partial charge in [-0.1, -0.05) is 25.1 Å². The summed E-state index contributed by atoms with van der Waals surface area (Å²) in [7, 11) is 4.72. The third kappa shape index (κ3) is 4.23. The fraction of sp³-hybridized carbons (Fsp3) is 0.261. The van der Waals surface area contributed by atoms with Gasteiger partial charge >= 0.3 is 0 Å². The fourth-order valence-electron chi connectivity index (χ4n) is 3.29. The van der Waals surface area contributed by atoms with Gasteiger partial charge in [0.2, 0.25) is 0 Å². The molecule has 8 nitrogen and oxygen atoms in total. The quantitative estimate of drug-likeness (QED) is 0.378. The van der Waals surface area contributed by atoms with Gasteiger partial charge in [-0.15, -0.1) is 0 Å². The number of methoxy groups -OCH3 is 1. The molecule has 1 amide bonds. The Morgan fingerprint density at radius 2 is 1.77 bits per heavy atom. The Hall–Kier alpha value is -3.81. The molecule has 3 aromatic rings. The van der Waals surface area contributed by atoms with Crippen molar-refractivity contribution in [1.29, 1.82) is 0 Å². The van der Waals surface area contributed by atoms with Crippen LogP contribution in [0.2, 0.25) is 0 Å². The SMILES string of the molecule is CCC(Nc1c(Nc2cccc(C(=O)N(C)C)c2O)c(=O)c1=O)c1cccc(OC)c1. The summed E-state index contributed by atoms with van der Waals surface area (Å²) in [5, 5.41) is 16.5. The number of hydrogen-bond donors (Lipinski definition) is 3. The Morgan fingerprint density at radius 3 is 2.42 bits per heavy atom. The van der Waals surface area contributed by atoms with Crippen molar-refractivity contribution in [2.45, 2.75) is 19.4 Å². The Labute approximate surface area is 179 Å². The van der Waals surface area contributed by atoms with Crippen molar-refractivity contribution >= 4 is 23.0 Å². The van der Waals surface area contributed by atoms with E-state index < -0.39 is 10.9 Å². The van der Waals surface area contributed by atoms with Crippen molar-refractivity contribution in [2.75, 3.05) is 31.8 Å². The zero-order valence-electron chi connectivity index (χ0n) is 17.9. The first kappa shape index (κ1) is 21.9. The zero-order valence-corrected chi connectivity index (χ0v) is 17.9. The molecule has 0 aliphatic carbocycles. The molecule has 0 aliphatic rings. The largest absolute Gasteiger partial charge is 0.505 e. The van der Waals surface area contributed by atoms with Crippen LogP contribution in [0.1, 0.15) is 35.3 Å². The third-order valence-electron chi connectivity index (χ3n) is 5.07. The highest BCUT2D eigenvalue weighted by atomic mass is 16.5. The summed E-state index contributed by atoms with van der Waals surface area (Å²) in [5.41, 5.74) is 0.0284. The van der Waals surface area contributed by atoms with Crippen LogP contribution in [0.15, 0.2) is 52.1 Å². The first-order valence-electron chi connectivity index (χ1n) is 9.82. The maximum atomic E-state index is 12.3. The Balaban J connectivity index is 1.90. The summed E-state index contributed by atoms with van der Waals surface area (Å²) in [4.78, 5) is 38.1. The summed E-state index contributed by atoms with van der Waals surface area (Å²) >= 11 is 0. The maximum absolute atomic E-state index is 12.3. The lowest BCUT2D eigenvalue weighted by Crippen LogP contribution is -2.37. The summed E-state index contributed by atoms with van der Waals surface area (Å²) in [6.07, 6.45) is 0.656. The number of carbonyl (C=O) groups is 1. The monoisotopic (exact) mass is 423 g/mol. The summed E-state index contributed by atoms with van der Waals surface area (Å²) < 4.78 is 5.26. The fourth-order valence-corrected chi connectivity index (χ4v) is 3.29. The van der Waals surface area contributed by atoms with E-state index in [4.69, 9.17) is 4.74 Å². The van der Waals surface area contributed by atoms with E-state index in [0.717, 1.165) is 5.56 Å². The minimum atomic E-state index is -0.688. The minimum Gasteiger partial charge on any atom is -0.505 e. The van der Waals surface area contributed by atoms with Gasteiger partial charge < -0.3 is 25.4 Å². The molecule has 3 rings (SSSR count). The van der Waals surface area contributed by atoms with E-state index >= 15 is 0 Å². The lowest BCUT2D eigenvalue weighted by atomic mass is 10.0. The van der Waals surface area contributed by atoms with E-state index in [-0.39, 0.29) is 40.3 Å². The van der Waals surface area contributed by atoms with Gasteiger partial charge in [-0.3, -0.25) is 14.4 Å². The highest BCUT2D eigenvalue weighted by Gasteiger charge is 2.25. The van der Waals surface area contributed by atoms with Crippen LogP contribution >= 0.6 is 0 Å². The molecular weight excluding hydrogens is 398 g/mol. The van der Waals surface area contributed by atoms with Crippen LogP contribution in [0.5, 0.6) is 11.5 Å². The van der Waals surface area contributed by atoms with Crippen LogP contribution in [0, 0.1) is 0 Å². The van der Waals surface area contributed by atoms with Crippen molar-refractivity contribution in [3.63, 3.8) is 0 Å². The second kappa shape index (κ2) is 8.91. The maximum Gasteiger partial charge on any atom is 0.257 e. The number of ether oxygens (including phenoxy) is 1. The zero-order chi connectivity index (χ0) is 22.7. The number of phenols is 1. The molecular formula is C23H25N3O5. The molecule has 0 aliphatic heterocycles. The van der Waals surface area contributed by atoms with Crippen LogP contribution in [-0.2, 0) is 0 Å². The molecule has 0 spiro atoms. The molecule has 3 N–H and O–H groups in total. The average molecular weight is 423 g/mol.